The van der Waals surface area contributed by atoms with Gasteiger partial charge in [-0.25, -0.2) is 4.79 Å². The van der Waals surface area contributed by atoms with E-state index in [0.29, 0.717) is 17.9 Å². The van der Waals surface area contributed by atoms with E-state index < -0.39 is 11.6 Å². The predicted octanol–water partition coefficient (Wildman–Crippen LogP) is 0.844. The van der Waals surface area contributed by atoms with Crippen molar-refractivity contribution in [2.75, 3.05) is 14.2 Å². The second kappa shape index (κ2) is 4.79. The summed E-state index contributed by atoms with van der Waals surface area (Å²) in [5, 5.41) is 4.86. The number of methoxy groups -OCH3 is 2. The van der Waals surface area contributed by atoms with E-state index in [1.54, 1.807) is 33.3 Å². The molecule has 0 aromatic heterocycles. The molecule has 1 fully saturated rings. The maximum Gasteiger partial charge on any atom is 0.322 e. The van der Waals surface area contributed by atoms with Crippen LogP contribution in [0.2, 0.25) is 0 Å². The molecule has 1 aliphatic rings. The highest BCUT2D eigenvalue weighted by Gasteiger charge is 2.41. The minimum Gasteiger partial charge on any atom is -0.493 e. The molecule has 3 amide bonds. The molecule has 2 N–H and O–H groups in total. The van der Waals surface area contributed by atoms with Crippen LogP contribution in [0.1, 0.15) is 12.5 Å². The molecule has 0 unspecified atom stereocenters. The molecule has 0 saturated carbocycles. The smallest absolute Gasteiger partial charge is 0.322 e. The number of nitrogens with one attached hydrogen (secondary N) is 2. The van der Waals surface area contributed by atoms with Crippen LogP contribution in [0.15, 0.2) is 18.2 Å². The molecule has 1 saturated heterocycles. The van der Waals surface area contributed by atoms with Crippen molar-refractivity contribution in [3.63, 3.8) is 0 Å². The van der Waals surface area contributed by atoms with E-state index in [0.717, 1.165) is 5.56 Å². The number of hydrogen-bond acceptors (Lipinski definition) is 4. The fraction of sp³-hybridized carbons (Fsp3) is 0.385. The second-order valence-electron chi connectivity index (χ2n) is 4.61. The Bertz CT molecular complexity index is 529. The standard InChI is InChI=1S/C13H16N2O4/c1-13(11(16)14-12(17)15-13)7-8-4-5-9(18-2)10(6-8)19-3/h4-6H,7H2,1-3H3,(H2,14,15,16,17)/t13-/m0/s1. The fourth-order valence-corrected chi connectivity index (χ4v) is 2.10. The normalized spacial score (nSPS) is 21.8. The van der Waals surface area contributed by atoms with Gasteiger partial charge in [0.2, 0.25) is 0 Å². The van der Waals surface area contributed by atoms with Crippen LogP contribution in [0.3, 0.4) is 0 Å². The summed E-state index contributed by atoms with van der Waals surface area (Å²) in [5.74, 6) is 0.886. The molecule has 1 aliphatic heterocycles. The third kappa shape index (κ3) is 2.47. The van der Waals surface area contributed by atoms with Crippen molar-refractivity contribution in [2.24, 2.45) is 0 Å². The minimum atomic E-state index is -0.934. The van der Waals surface area contributed by atoms with Gasteiger partial charge in [-0.1, -0.05) is 6.07 Å². The van der Waals surface area contributed by atoms with E-state index in [1.165, 1.54) is 0 Å². The van der Waals surface area contributed by atoms with Gasteiger partial charge in [0.1, 0.15) is 5.54 Å². The van der Waals surface area contributed by atoms with Crippen LogP contribution in [-0.4, -0.2) is 31.7 Å². The first-order chi connectivity index (χ1) is 8.98. The zero-order valence-electron chi connectivity index (χ0n) is 11.1. The van der Waals surface area contributed by atoms with Gasteiger partial charge in [-0.3, -0.25) is 10.1 Å². The van der Waals surface area contributed by atoms with E-state index in [-0.39, 0.29) is 5.91 Å². The molecule has 102 valence electrons. The molecular formula is C13H16N2O4. The van der Waals surface area contributed by atoms with Crippen LogP contribution in [-0.2, 0) is 11.2 Å². The summed E-state index contributed by atoms with van der Waals surface area (Å²) in [6.07, 6.45) is 0.380. The number of rotatable bonds is 4. The Labute approximate surface area is 111 Å². The van der Waals surface area contributed by atoms with Gasteiger partial charge in [-0.2, -0.15) is 0 Å². The number of carbonyl (C=O) groups is 2. The average Bonchev–Trinajstić information content (AvgIpc) is 2.62. The number of ether oxygens (including phenoxy) is 2. The Hall–Kier alpha value is -2.24. The van der Waals surface area contributed by atoms with Gasteiger partial charge in [-0.15, -0.1) is 0 Å². The minimum absolute atomic E-state index is 0.327. The Morgan fingerprint density at radius 3 is 2.37 bits per heavy atom. The van der Waals surface area contributed by atoms with Gasteiger partial charge in [0, 0.05) is 6.42 Å². The third-order valence-electron chi connectivity index (χ3n) is 3.12. The van der Waals surface area contributed by atoms with Gasteiger partial charge in [0.05, 0.1) is 14.2 Å². The summed E-state index contributed by atoms with van der Waals surface area (Å²) in [6, 6.07) is 4.94. The van der Waals surface area contributed by atoms with Crippen LogP contribution < -0.4 is 20.1 Å². The van der Waals surface area contributed by atoms with E-state index in [4.69, 9.17) is 9.47 Å². The molecule has 1 heterocycles. The Kier molecular flexibility index (Phi) is 3.33. The van der Waals surface area contributed by atoms with E-state index in [9.17, 15) is 9.59 Å². The third-order valence-corrected chi connectivity index (χ3v) is 3.12. The van der Waals surface area contributed by atoms with Gasteiger partial charge < -0.3 is 14.8 Å². The summed E-state index contributed by atoms with van der Waals surface area (Å²) in [6.45, 7) is 1.68. The molecule has 0 spiro atoms. The lowest BCUT2D eigenvalue weighted by molar-refractivity contribution is -0.123. The van der Waals surface area contributed by atoms with Crippen molar-refractivity contribution in [1.82, 2.24) is 10.6 Å². The SMILES string of the molecule is COc1ccc(C[C@]2(C)NC(=O)NC2=O)cc1OC. The fourth-order valence-electron chi connectivity index (χ4n) is 2.10. The highest BCUT2D eigenvalue weighted by molar-refractivity contribution is 6.06. The lowest BCUT2D eigenvalue weighted by atomic mass is 9.93. The lowest BCUT2D eigenvalue weighted by Gasteiger charge is -2.21. The number of urea groups is 1. The number of imide groups is 1. The molecule has 0 bridgehead atoms. The summed E-state index contributed by atoms with van der Waals surface area (Å²) < 4.78 is 10.4. The number of hydrogen-bond donors (Lipinski definition) is 2. The maximum atomic E-state index is 11.7. The number of carbonyl (C=O) groups excluding carboxylic acids is 2. The van der Waals surface area contributed by atoms with E-state index in [1.807, 2.05) is 6.07 Å². The van der Waals surface area contributed by atoms with Gasteiger partial charge >= 0.3 is 6.03 Å². The summed E-state index contributed by atoms with van der Waals surface area (Å²) >= 11 is 0. The monoisotopic (exact) mass is 264 g/mol. The van der Waals surface area contributed by atoms with Crippen molar-refractivity contribution in [3.05, 3.63) is 23.8 Å². The number of amides is 3. The van der Waals surface area contributed by atoms with Gasteiger partial charge in [-0.05, 0) is 24.6 Å². The number of benzene rings is 1. The zero-order valence-corrected chi connectivity index (χ0v) is 11.1. The molecule has 6 nitrogen and oxygen atoms in total. The van der Waals surface area contributed by atoms with Crippen LogP contribution in [0.4, 0.5) is 4.79 Å². The molecule has 1 aromatic carbocycles. The maximum absolute atomic E-state index is 11.7. The van der Waals surface area contributed by atoms with Crippen LogP contribution in [0, 0.1) is 0 Å². The Morgan fingerprint density at radius 2 is 1.84 bits per heavy atom. The van der Waals surface area contributed by atoms with Crippen molar-refractivity contribution in [3.8, 4) is 11.5 Å². The van der Waals surface area contributed by atoms with E-state index in [2.05, 4.69) is 10.6 Å². The molecule has 1 aromatic rings. The zero-order chi connectivity index (χ0) is 14.0. The first-order valence-electron chi connectivity index (χ1n) is 5.83. The first-order valence-corrected chi connectivity index (χ1v) is 5.83. The molecule has 6 heteroatoms. The topological polar surface area (TPSA) is 76.7 Å². The van der Waals surface area contributed by atoms with Crippen molar-refractivity contribution >= 4 is 11.9 Å². The molecule has 0 radical (unpaired) electrons. The van der Waals surface area contributed by atoms with Gasteiger partial charge in [0.25, 0.3) is 5.91 Å². The second-order valence-corrected chi connectivity index (χ2v) is 4.61. The molecule has 1 atom stereocenters. The van der Waals surface area contributed by atoms with Crippen LogP contribution in [0.25, 0.3) is 0 Å². The van der Waals surface area contributed by atoms with Gasteiger partial charge in [0.15, 0.2) is 11.5 Å². The van der Waals surface area contributed by atoms with Crippen molar-refractivity contribution in [1.29, 1.82) is 0 Å². The van der Waals surface area contributed by atoms with Crippen LogP contribution >= 0.6 is 0 Å². The lowest BCUT2D eigenvalue weighted by Crippen LogP contribution is -2.45. The molecule has 0 aliphatic carbocycles. The summed E-state index contributed by atoms with van der Waals surface area (Å²) in [5.41, 5.74) is -0.0612. The highest BCUT2D eigenvalue weighted by atomic mass is 16.5. The van der Waals surface area contributed by atoms with Crippen molar-refractivity contribution in [2.45, 2.75) is 18.9 Å². The molecule has 19 heavy (non-hydrogen) atoms. The van der Waals surface area contributed by atoms with E-state index >= 15 is 0 Å². The quantitative estimate of drug-likeness (QED) is 0.790. The molecular weight excluding hydrogens is 248 g/mol. The highest BCUT2D eigenvalue weighted by Crippen LogP contribution is 2.29. The molecule has 2 rings (SSSR count). The van der Waals surface area contributed by atoms with Crippen molar-refractivity contribution < 1.29 is 19.1 Å². The Balaban J connectivity index is 2.24. The Morgan fingerprint density at radius 1 is 1.16 bits per heavy atom. The summed E-state index contributed by atoms with van der Waals surface area (Å²) in [7, 11) is 3.11. The largest absolute Gasteiger partial charge is 0.493 e. The predicted molar refractivity (Wildman–Crippen MR) is 68.3 cm³/mol. The van der Waals surface area contributed by atoms with Crippen LogP contribution in [0.5, 0.6) is 11.5 Å². The average molecular weight is 264 g/mol. The first kappa shape index (κ1) is 13.2. The summed E-state index contributed by atoms with van der Waals surface area (Å²) in [4.78, 5) is 22.9.